The third-order valence-corrected chi connectivity index (χ3v) is 3.48. The first-order valence-corrected chi connectivity index (χ1v) is 7.80. The van der Waals surface area contributed by atoms with Crippen molar-refractivity contribution in [3.05, 3.63) is 53.1 Å². The Morgan fingerprint density at radius 1 is 1.13 bits per heavy atom. The molecule has 0 aliphatic heterocycles. The van der Waals surface area contributed by atoms with Crippen LogP contribution in [-0.2, 0) is 0 Å². The van der Waals surface area contributed by atoms with Crippen LogP contribution in [0.1, 0.15) is 24.2 Å². The van der Waals surface area contributed by atoms with Crippen molar-refractivity contribution in [1.82, 2.24) is 0 Å². The number of hydrogen-bond donors (Lipinski definition) is 1. The first-order valence-electron chi connectivity index (χ1n) is 7.42. The molecule has 2 rings (SSSR count). The van der Waals surface area contributed by atoms with E-state index in [1.54, 1.807) is 30.3 Å². The van der Waals surface area contributed by atoms with Gasteiger partial charge in [-0.2, -0.15) is 0 Å². The van der Waals surface area contributed by atoms with Crippen molar-refractivity contribution in [3.63, 3.8) is 0 Å². The van der Waals surface area contributed by atoms with Crippen molar-refractivity contribution in [2.75, 3.05) is 24.3 Å². The fraction of sp³-hybridized carbons (Fsp3) is 0.278. The summed E-state index contributed by atoms with van der Waals surface area (Å²) in [6, 6.07) is 12.5. The normalized spacial score (nSPS) is 10.5. The lowest BCUT2D eigenvalue weighted by Crippen LogP contribution is -2.17. The molecule has 0 bridgehead atoms. The minimum absolute atomic E-state index is 0.101. The summed E-state index contributed by atoms with van der Waals surface area (Å²) in [6.45, 7) is 3.92. The van der Waals surface area contributed by atoms with E-state index >= 15 is 0 Å². The third-order valence-electron chi connectivity index (χ3n) is 3.17. The van der Waals surface area contributed by atoms with E-state index in [0.717, 1.165) is 11.4 Å². The molecule has 0 saturated carbocycles. The highest BCUT2D eigenvalue weighted by Crippen LogP contribution is 2.32. The largest absolute Gasteiger partial charge is 0.491 e. The topological polar surface area (TPSA) is 41.6 Å². The molecule has 0 unspecified atom stereocenters. The van der Waals surface area contributed by atoms with E-state index in [-0.39, 0.29) is 12.0 Å². The molecule has 0 aromatic heterocycles. The summed E-state index contributed by atoms with van der Waals surface area (Å²) in [4.78, 5) is 14.3. The third kappa shape index (κ3) is 4.39. The number of carbonyl (C=O) groups is 1. The SMILES string of the molecule is CC(C)Oc1ccc(C(=O)Nc2cccc(Cl)c2N(C)C)cc1. The van der Waals surface area contributed by atoms with E-state index in [4.69, 9.17) is 16.3 Å². The molecule has 0 spiro atoms. The fourth-order valence-corrected chi connectivity index (χ4v) is 2.57. The van der Waals surface area contributed by atoms with Crippen LogP contribution in [0.4, 0.5) is 11.4 Å². The summed E-state index contributed by atoms with van der Waals surface area (Å²) in [5, 5.41) is 3.49. The molecule has 23 heavy (non-hydrogen) atoms. The van der Waals surface area contributed by atoms with E-state index in [1.807, 2.05) is 45.0 Å². The average Bonchev–Trinajstić information content (AvgIpc) is 2.47. The van der Waals surface area contributed by atoms with Gasteiger partial charge in [-0.25, -0.2) is 0 Å². The molecule has 122 valence electrons. The van der Waals surface area contributed by atoms with Crippen LogP contribution < -0.4 is 15.0 Å². The van der Waals surface area contributed by atoms with Crippen molar-refractivity contribution in [2.45, 2.75) is 20.0 Å². The van der Waals surface area contributed by atoms with Gasteiger partial charge < -0.3 is 15.0 Å². The Balaban J connectivity index is 2.18. The van der Waals surface area contributed by atoms with Gasteiger partial charge in [-0.15, -0.1) is 0 Å². The monoisotopic (exact) mass is 332 g/mol. The zero-order valence-corrected chi connectivity index (χ0v) is 14.5. The predicted octanol–water partition coefficient (Wildman–Crippen LogP) is 4.45. The summed E-state index contributed by atoms with van der Waals surface area (Å²) in [6.07, 6.45) is 0.101. The second kappa shape index (κ2) is 7.38. The van der Waals surface area contributed by atoms with Gasteiger partial charge in [-0.1, -0.05) is 17.7 Å². The molecule has 4 nitrogen and oxygen atoms in total. The lowest BCUT2D eigenvalue weighted by Gasteiger charge is -2.19. The van der Waals surface area contributed by atoms with Crippen LogP contribution >= 0.6 is 11.6 Å². The lowest BCUT2D eigenvalue weighted by atomic mass is 10.2. The zero-order chi connectivity index (χ0) is 17.0. The number of rotatable bonds is 5. The molecule has 0 heterocycles. The first-order chi connectivity index (χ1) is 10.9. The number of carbonyl (C=O) groups excluding carboxylic acids is 1. The Hall–Kier alpha value is -2.20. The maximum atomic E-state index is 12.4. The number of halogens is 1. The number of para-hydroxylation sites is 1. The summed E-state index contributed by atoms with van der Waals surface area (Å²) < 4.78 is 5.58. The standard InChI is InChI=1S/C18H21ClN2O2/c1-12(2)23-14-10-8-13(9-11-14)18(22)20-16-7-5-6-15(19)17(16)21(3)4/h5-12H,1-4H3,(H,20,22). The van der Waals surface area contributed by atoms with Gasteiger partial charge in [-0.3, -0.25) is 4.79 Å². The smallest absolute Gasteiger partial charge is 0.255 e. The Morgan fingerprint density at radius 2 is 1.78 bits per heavy atom. The summed E-state index contributed by atoms with van der Waals surface area (Å²) in [5.41, 5.74) is 2.02. The van der Waals surface area contributed by atoms with Gasteiger partial charge in [-0.05, 0) is 50.2 Å². The number of amides is 1. The van der Waals surface area contributed by atoms with E-state index in [2.05, 4.69) is 5.32 Å². The molecule has 1 N–H and O–H groups in total. The Labute approximate surface area is 142 Å². The molecule has 0 radical (unpaired) electrons. The van der Waals surface area contributed by atoms with Gasteiger partial charge in [0.05, 0.1) is 22.5 Å². The van der Waals surface area contributed by atoms with Crippen molar-refractivity contribution in [2.24, 2.45) is 0 Å². The molecule has 0 saturated heterocycles. The molecular formula is C18H21ClN2O2. The van der Waals surface area contributed by atoms with Crippen LogP contribution in [0.25, 0.3) is 0 Å². The fourth-order valence-electron chi connectivity index (χ4n) is 2.22. The summed E-state index contributed by atoms with van der Waals surface area (Å²) in [5.74, 6) is 0.555. The van der Waals surface area contributed by atoms with Gasteiger partial charge in [0.1, 0.15) is 5.75 Å². The van der Waals surface area contributed by atoms with Gasteiger partial charge >= 0.3 is 0 Å². The summed E-state index contributed by atoms with van der Waals surface area (Å²) in [7, 11) is 3.77. The molecule has 0 atom stereocenters. The van der Waals surface area contributed by atoms with Crippen LogP contribution in [0.2, 0.25) is 5.02 Å². The number of benzene rings is 2. The van der Waals surface area contributed by atoms with E-state index in [1.165, 1.54) is 0 Å². The van der Waals surface area contributed by atoms with E-state index in [9.17, 15) is 4.79 Å². The minimum atomic E-state index is -0.188. The number of ether oxygens (including phenoxy) is 1. The van der Waals surface area contributed by atoms with Crippen molar-refractivity contribution in [3.8, 4) is 5.75 Å². The van der Waals surface area contributed by atoms with E-state index < -0.39 is 0 Å². The maximum absolute atomic E-state index is 12.4. The van der Waals surface area contributed by atoms with Crippen LogP contribution in [-0.4, -0.2) is 26.1 Å². The minimum Gasteiger partial charge on any atom is -0.491 e. The van der Waals surface area contributed by atoms with Crippen molar-refractivity contribution >= 4 is 28.9 Å². The second-order valence-electron chi connectivity index (χ2n) is 5.68. The Morgan fingerprint density at radius 3 is 2.35 bits per heavy atom. The van der Waals surface area contributed by atoms with Crippen LogP contribution in [0, 0.1) is 0 Å². The number of anilines is 2. The Bertz CT molecular complexity index is 682. The second-order valence-corrected chi connectivity index (χ2v) is 6.08. The molecule has 0 fully saturated rings. The first kappa shape index (κ1) is 17.2. The highest BCUT2D eigenvalue weighted by molar-refractivity contribution is 6.34. The predicted molar refractivity (Wildman–Crippen MR) is 95.9 cm³/mol. The number of nitrogens with zero attached hydrogens (tertiary/aromatic N) is 1. The Kier molecular flexibility index (Phi) is 5.50. The number of hydrogen-bond acceptors (Lipinski definition) is 3. The highest BCUT2D eigenvalue weighted by Gasteiger charge is 2.13. The maximum Gasteiger partial charge on any atom is 0.255 e. The van der Waals surface area contributed by atoms with Crippen LogP contribution in [0.15, 0.2) is 42.5 Å². The van der Waals surface area contributed by atoms with Crippen LogP contribution in [0.3, 0.4) is 0 Å². The van der Waals surface area contributed by atoms with Gasteiger partial charge in [0.2, 0.25) is 0 Å². The number of nitrogens with one attached hydrogen (secondary N) is 1. The molecule has 2 aromatic rings. The highest BCUT2D eigenvalue weighted by atomic mass is 35.5. The zero-order valence-electron chi connectivity index (χ0n) is 13.8. The molecule has 0 aliphatic carbocycles. The molecule has 2 aromatic carbocycles. The lowest BCUT2D eigenvalue weighted by molar-refractivity contribution is 0.102. The van der Waals surface area contributed by atoms with Crippen LogP contribution in [0.5, 0.6) is 5.75 Å². The van der Waals surface area contributed by atoms with Gasteiger partial charge in [0.15, 0.2) is 0 Å². The summed E-state index contributed by atoms with van der Waals surface area (Å²) >= 11 is 6.21. The van der Waals surface area contributed by atoms with Gasteiger partial charge in [0.25, 0.3) is 5.91 Å². The van der Waals surface area contributed by atoms with E-state index in [0.29, 0.717) is 16.3 Å². The molecule has 1 amide bonds. The molecule has 0 aliphatic rings. The quantitative estimate of drug-likeness (QED) is 0.879. The van der Waals surface area contributed by atoms with Crippen molar-refractivity contribution < 1.29 is 9.53 Å². The van der Waals surface area contributed by atoms with Crippen molar-refractivity contribution in [1.29, 1.82) is 0 Å². The molecular weight excluding hydrogens is 312 g/mol. The average molecular weight is 333 g/mol. The van der Waals surface area contributed by atoms with Gasteiger partial charge in [0, 0.05) is 19.7 Å². The molecule has 5 heteroatoms.